The Kier molecular flexibility index (Phi) is 1.75. The van der Waals surface area contributed by atoms with E-state index in [0.29, 0.717) is 0 Å². The minimum Gasteiger partial charge on any atom is -0.393 e. The van der Waals surface area contributed by atoms with Gasteiger partial charge in [-0.15, -0.1) is 12.6 Å². The van der Waals surface area contributed by atoms with Crippen molar-refractivity contribution in [2.45, 2.75) is 11.5 Å². The van der Waals surface area contributed by atoms with E-state index in [1.807, 2.05) is 0 Å². The minimum atomic E-state index is -0.791. The maximum atomic E-state index is 10.6. The first-order chi connectivity index (χ1) is 5.72. The molecule has 0 radical (unpaired) electrons. The highest BCUT2D eigenvalue weighted by molar-refractivity contribution is 7.80. The Balaban J connectivity index is 2.48. The van der Waals surface area contributed by atoms with Gasteiger partial charge in [0.1, 0.15) is 6.10 Å². The van der Waals surface area contributed by atoms with Gasteiger partial charge in [-0.05, 0) is 0 Å². The fraction of sp³-hybridized carbons (Fsp3) is 0.500. The molecule has 0 spiro atoms. The van der Waals surface area contributed by atoms with Gasteiger partial charge in [-0.2, -0.15) is 0 Å². The third-order valence-corrected chi connectivity index (χ3v) is 1.96. The molecule has 0 aliphatic carbocycles. The molecule has 0 saturated heterocycles. The van der Waals surface area contributed by atoms with Crippen LogP contribution in [0, 0.1) is 0 Å². The second-order valence-electron chi connectivity index (χ2n) is 2.34. The molecule has 66 valence electrons. The van der Waals surface area contributed by atoms with Crippen LogP contribution in [0.2, 0.25) is 0 Å². The van der Waals surface area contributed by atoms with Crippen LogP contribution in [0.4, 0.5) is 0 Å². The number of aliphatic hydroxyl groups excluding tert-OH is 1. The summed E-state index contributed by atoms with van der Waals surface area (Å²) in [5.41, 5.74) is -0.622. The van der Waals surface area contributed by atoms with Crippen LogP contribution in [0.5, 0.6) is 0 Å². The van der Waals surface area contributed by atoms with Crippen molar-refractivity contribution >= 4 is 12.6 Å². The zero-order valence-corrected chi connectivity index (χ0v) is 6.78. The molecule has 1 aliphatic rings. The zero-order valence-electron chi connectivity index (χ0n) is 5.89. The average Bonchev–Trinajstić information content (AvgIpc) is 2.52. The van der Waals surface area contributed by atoms with E-state index in [1.165, 1.54) is 0 Å². The lowest BCUT2D eigenvalue weighted by molar-refractivity contribution is 0.00150. The molecule has 12 heavy (non-hydrogen) atoms. The van der Waals surface area contributed by atoms with Crippen LogP contribution < -0.4 is 5.82 Å². The molecule has 2 rings (SSSR count). The zero-order chi connectivity index (χ0) is 8.72. The Morgan fingerprint density at radius 3 is 2.75 bits per heavy atom. The molecular weight excluding hydrogens is 184 g/mol. The summed E-state index contributed by atoms with van der Waals surface area (Å²) < 4.78 is 14.3. The number of fused-ring (bicyclic) bond motifs is 1. The topological polar surface area (TPSA) is 72.8 Å². The molecule has 1 aliphatic heterocycles. The molecule has 2 heterocycles. The standard InChI is InChI=1S/C6H6O5S/c7-1-2-3-4(5(12)9-2)11-6(8)10-3/h2,5,7,12H,1H2/t2-,5+/m1/s1. The summed E-state index contributed by atoms with van der Waals surface area (Å²) in [5, 5.41) is 8.78. The maximum absolute atomic E-state index is 10.6. The summed E-state index contributed by atoms with van der Waals surface area (Å²) in [6, 6.07) is 0. The van der Waals surface area contributed by atoms with Gasteiger partial charge in [0, 0.05) is 0 Å². The summed E-state index contributed by atoms with van der Waals surface area (Å²) in [5.74, 6) is -0.300. The first kappa shape index (κ1) is 7.90. The van der Waals surface area contributed by atoms with Crippen molar-refractivity contribution < 1.29 is 18.7 Å². The molecular formula is C6H6O5S. The average molecular weight is 190 g/mol. The molecule has 1 aromatic rings. The summed E-state index contributed by atoms with van der Waals surface area (Å²) in [6.07, 6.45) is -0.631. The van der Waals surface area contributed by atoms with Crippen molar-refractivity contribution in [3.05, 3.63) is 22.1 Å². The molecule has 0 unspecified atom stereocenters. The number of hydrogen-bond acceptors (Lipinski definition) is 6. The Morgan fingerprint density at radius 1 is 1.42 bits per heavy atom. The van der Waals surface area contributed by atoms with Gasteiger partial charge in [0.2, 0.25) is 0 Å². The van der Waals surface area contributed by atoms with Gasteiger partial charge in [0.25, 0.3) is 0 Å². The van der Waals surface area contributed by atoms with E-state index >= 15 is 0 Å². The van der Waals surface area contributed by atoms with Gasteiger partial charge in [-0.25, -0.2) is 4.79 Å². The van der Waals surface area contributed by atoms with Crippen molar-refractivity contribution in [3.8, 4) is 0 Å². The van der Waals surface area contributed by atoms with Crippen LogP contribution in [0.25, 0.3) is 0 Å². The van der Waals surface area contributed by atoms with E-state index in [0.717, 1.165) is 0 Å². The Morgan fingerprint density at radius 2 is 2.08 bits per heavy atom. The van der Waals surface area contributed by atoms with Gasteiger partial charge in [-0.3, -0.25) is 0 Å². The van der Waals surface area contributed by atoms with Crippen LogP contribution >= 0.6 is 12.6 Å². The molecule has 0 aromatic carbocycles. The van der Waals surface area contributed by atoms with E-state index in [2.05, 4.69) is 21.5 Å². The highest BCUT2D eigenvalue weighted by Crippen LogP contribution is 2.39. The molecule has 0 fully saturated rings. The third-order valence-electron chi connectivity index (χ3n) is 1.61. The number of aliphatic hydroxyl groups is 1. The molecule has 5 nitrogen and oxygen atoms in total. The highest BCUT2D eigenvalue weighted by Gasteiger charge is 2.36. The first-order valence-electron chi connectivity index (χ1n) is 3.30. The second-order valence-corrected chi connectivity index (χ2v) is 2.81. The lowest BCUT2D eigenvalue weighted by Gasteiger charge is -2.04. The van der Waals surface area contributed by atoms with E-state index in [1.54, 1.807) is 0 Å². The molecule has 1 N–H and O–H groups in total. The smallest absolute Gasteiger partial charge is 0.393 e. The number of ether oxygens (including phenoxy) is 1. The van der Waals surface area contributed by atoms with Crippen molar-refractivity contribution in [2.75, 3.05) is 6.61 Å². The quantitative estimate of drug-likeness (QED) is 0.620. The van der Waals surface area contributed by atoms with Crippen LogP contribution in [0.15, 0.2) is 13.6 Å². The van der Waals surface area contributed by atoms with Crippen molar-refractivity contribution in [2.24, 2.45) is 0 Å². The molecule has 0 amide bonds. The lowest BCUT2D eigenvalue weighted by atomic mass is 10.3. The minimum absolute atomic E-state index is 0.238. The number of rotatable bonds is 1. The Bertz CT molecular complexity index is 340. The SMILES string of the molecule is O=c1oc2c(o1)[C@@H](CO)O[C@H]2S. The van der Waals surface area contributed by atoms with Gasteiger partial charge in [-0.1, -0.05) is 0 Å². The Hall–Kier alpha value is -0.720. The predicted molar refractivity (Wildman–Crippen MR) is 39.9 cm³/mol. The predicted octanol–water partition coefficient (Wildman–Crippen LogP) is 0.225. The fourth-order valence-corrected chi connectivity index (χ4v) is 1.43. The van der Waals surface area contributed by atoms with E-state index in [4.69, 9.17) is 9.84 Å². The van der Waals surface area contributed by atoms with E-state index in [9.17, 15) is 4.79 Å². The molecule has 0 bridgehead atoms. The fourth-order valence-electron chi connectivity index (χ4n) is 1.10. The lowest BCUT2D eigenvalue weighted by Crippen LogP contribution is -2.03. The summed E-state index contributed by atoms with van der Waals surface area (Å²) in [7, 11) is 0. The summed E-state index contributed by atoms with van der Waals surface area (Å²) >= 11 is 3.97. The number of thiol groups is 1. The van der Waals surface area contributed by atoms with E-state index in [-0.39, 0.29) is 18.1 Å². The van der Waals surface area contributed by atoms with Gasteiger partial charge >= 0.3 is 5.82 Å². The largest absolute Gasteiger partial charge is 0.519 e. The van der Waals surface area contributed by atoms with Crippen LogP contribution in [0.3, 0.4) is 0 Å². The van der Waals surface area contributed by atoms with Crippen LogP contribution in [-0.2, 0) is 4.74 Å². The van der Waals surface area contributed by atoms with Gasteiger partial charge < -0.3 is 18.7 Å². The van der Waals surface area contributed by atoms with Crippen molar-refractivity contribution in [3.63, 3.8) is 0 Å². The van der Waals surface area contributed by atoms with E-state index < -0.39 is 17.4 Å². The van der Waals surface area contributed by atoms with Crippen LogP contribution in [0.1, 0.15) is 23.1 Å². The summed E-state index contributed by atoms with van der Waals surface area (Å²) in [6.45, 7) is -0.257. The highest BCUT2D eigenvalue weighted by atomic mass is 32.1. The molecule has 0 saturated carbocycles. The molecule has 2 atom stereocenters. The summed E-state index contributed by atoms with van der Waals surface area (Å²) in [4.78, 5) is 10.6. The normalized spacial score (nSPS) is 27.5. The maximum Gasteiger partial charge on any atom is 0.519 e. The van der Waals surface area contributed by atoms with Gasteiger partial charge in [0.15, 0.2) is 17.0 Å². The Labute approximate surface area is 72.3 Å². The van der Waals surface area contributed by atoms with Crippen molar-refractivity contribution in [1.82, 2.24) is 0 Å². The van der Waals surface area contributed by atoms with Gasteiger partial charge in [0.05, 0.1) is 6.61 Å². The monoisotopic (exact) mass is 190 g/mol. The second kappa shape index (κ2) is 2.65. The van der Waals surface area contributed by atoms with Crippen LogP contribution in [-0.4, -0.2) is 11.7 Å². The van der Waals surface area contributed by atoms with Crippen molar-refractivity contribution in [1.29, 1.82) is 0 Å². The first-order valence-corrected chi connectivity index (χ1v) is 3.82. The number of hydrogen-bond donors (Lipinski definition) is 2. The molecule has 6 heteroatoms. The third kappa shape index (κ3) is 0.996. The molecule has 1 aromatic heterocycles.